The Bertz CT molecular complexity index is 616. The highest BCUT2D eigenvalue weighted by Crippen LogP contribution is 2.24. The fraction of sp³-hybridized carbons (Fsp3) is 0.231. The molecule has 0 spiro atoms. The number of nitro groups is 1. The van der Waals surface area contributed by atoms with Gasteiger partial charge in [0.25, 0.3) is 5.69 Å². The summed E-state index contributed by atoms with van der Waals surface area (Å²) < 4.78 is 0.789. The molecule has 20 heavy (non-hydrogen) atoms. The quantitative estimate of drug-likeness (QED) is 0.665. The van der Waals surface area contributed by atoms with E-state index in [-0.39, 0.29) is 5.69 Å². The van der Waals surface area contributed by atoms with Crippen LogP contribution in [0.1, 0.15) is 13.3 Å². The van der Waals surface area contributed by atoms with E-state index in [0.29, 0.717) is 5.82 Å². The second-order valence-corrected chi connectivity index (χ2v) is 4.98. The molecule has 0 atom stereocenters. The number of benzene rings is 1. The van der Waals surface area contributed by atoms with Crippen molar-refractivity contribution in [2.45, 2.75) is 13.3 Å². The summed E-state index contributed by atoms with van der Waals surface area (Å²) in [6.45, 7) is 2.88. The molecule has 2 rings (SSSR count). The Morgan fingerprint density at radius 2 is 2.05 bits per heavy atom. The molecular weight excluding hydrogens is 324 g/mol. The summed E-state index contributed by atoms with van der Waals surface area (Å²) in [7, 11) is 0. The van der Waals surface area contributed by atoms with Crippen LogP contribution in [0.2, 0.25) is 0 Å². The van der Waals surface area contributed by atoms with Gasteiger partial charge in [0.15, 0.2) is 5.82 Å². The third-order valence-electron chi connectivity index (χ3n) is 2.62. The average Bonchev–Trinajstić information content (AvgIpc) is 2.46. The van der Waals surface area contributed by atoms with Gasteiger partial charge in [-0.25, -0.2) is 9.97 Å². The smallest absolute Gasteiger partial charge is 0.269 e. The predicted molar refractivity (Wildman–Crippen MR) is 80.6 cm³/mol. The van der Waals surface area contributed by atoms with Gasteiger partial charge in [-0.1, -0.05) is 6.92 Å². The highest BCUT2D eigenvalue weighted by Gasteiger charge is 2.09. The first-order valence-corrected chi connectivity index (χ1v) is 6.92. The van der Waals surface area contributed by atoms with E-state index >= 15 is 0 Å². The third kappa shape index (κ3) is 3.30. The van der Waals surface area contributed by atoms with E-state index in [1.54, 1.807) is 18.3 Å². The first-order valence-electron chi connectivity index (χ1n) is 6.13. The van der Waals surface area contributed by atoms with E-state index in [9.17, 15) is 10.1 Å². The summed E-state index contributed by atoms with van der Waals surface area (Å²) in [5.41, 5.74) is 0.790. The van der Waals surface area contributed by atoms with Gasteiger partial charge >= 0.3 is 0 Å². The van der Waals surface area contributed by atoms with Crippen LogP contribution in [-0.2, 0) is 0 Å². The van der Waals surface area contributed by atoms with Crippen LogP contribution in [0.15, 0.2) is 34.9 Å². The van der Waals surface area contributed by atoms with Crippen LogP contribution in [0, 0.1) is 10.1 Å². The highest BCUT2D eigenvalue weighted by atomic mass is 79.9. The van der Waals surface area contributed by atoms with Crippen molar-refractivity contribution in [2.24, 2.45) is 0 Å². The van der Waals surface area contributed by atoms with Crippen LogP contribution >= 0.6 is 15.9 Å². The molecule has 6 nitrogen and oxygen atoms in total. The van der Waals surface area contributed by atoms with Gasteiger partial charge < -0.3 is 5.32 Å². The van der Waals surface area contributed by atoms with Crippen molar-refractivity contribution in [3.63, 3.8) is 0 Å². The highest BCUT2D eigenvalue weighted by molar-refractivity contribution is 9.10. The van der Waals surface area contributed by atoms with Crippen molar-refractivity contribution < 1.29 is 4.92 Å². The summed E-state index contributed by atoms with van der Waals surface area (Å²) >= 11 is 3.39. The van der Waals surface area contributed by atoms with Crippen LogP contribution < -0.4 is 5.32 Å². The Morgan fingerprint density at radius 3 is 2.65 bits per heavy atom. The number of nitrogens with zero attached hydrogens (tertiary/aromatic N) is 3. The van der Waals surface area contributed by atoms with Gasteiger partial charge in [-0.2, -0.15) is 0 Å². The molecule has 0 aliphatic rings. The fourth-order valence-electron chi connectivity index (χ4n) is 1.61. The lowest BCUT2D eigenvalue weighted by Crippen LogP contribution is -2.04. The average molecular weight is 337 g/mol. The van der Waals surface area contributed by atoms with Crippen molar-refractivity contribution in [2.75, 3.05) is 11.9 Å². The van der Waals surface area contributed by atoms with Gasteiger partial charge in [-0.05, 0) is 34.5 Å². The third-order valence-corrected chi connectivity index (χ3v) is 3.20. The van der Waals surface area contributed by atoms with E-state index in [1.165, 1.54) is 12.1 Å². The first-order chi connectivity index (χ1) is 9.61. The molecule has 0 bridgehead atoms. The number of rotatable bonds is 5. The Kier molecular flexibility index (Phi) is 4.62. The molecule has 0 aliphatic heterocycles. The Morgan fingerprint density at radius 1 is 1.35 bits per heavy atom. The summed E-state index contributed by atoms with van der Waals surface area (Å²) in [4.78, 5) is 18.8. The molecule has 0 saturated heterocycles. The van der Waals surface area contributed by atoms with Gasteiger partial charge in [0.2, 0.25) is 0 Å². The Labute approximate surface area is 124 Å². The van der Waals surface area contributed by atoms with Crippen LogP contribution in [-0.4, -0.2) is 21.4 Å². The van der Waals surface area contributed by atoms with E-state index < -0.39 is 4.92 Å². The zero-order valence-corrected chi connectivity index (χ0v) is 12.4. The molecule has 104 valence electrons. The minimum absolute atomic E-state index is 0.0511. The molecule has 1 heterocycles. The lowest BCUT2D eigenvalue weighted by atomic mass is 10.2. The number of aromatic nitrogens is 2. The number of halogens is 1. The molecule has 0 amide bonds. The molecule has 0 radical (unpaired) electrons. The summed E-state index contributed by atoms with van der Waals surface area (Å²) in [5, 5.41) is 13.8. The summed E-state index contributed by atoms with van der Waals surface area (Å²) in [5.74, 6) is 1.25. The number of hydrogen-bond acceptors (Lipinski definition) is 5. The molecule has 2 aromatic rings. The lowest BCUT2D eigenvalue weighted by molar-refractivity contribution is -0.384. The molecule has 0 aliphatic carbocycles. The summed E-state index contributed by atoms with van der Waals surface area (Å²) in [6.07, 6.45) is 2.66. The standard InChI is InChI=1S/C13H13BrN4O2/c1-2-7-15-13-11(14)8-16-12(17-13)9-3-5-10(6-4-9)18(19)20/h3-6,8H,2,7H2,1H3,(H,15,16,17). The number of nitro benzene ring substituents is 1. The van der Waals surface area contributed by atoms with E-state index in [0.717, 1.165) is 28.8 Å². The van der Waals surface area contributed by atoms with E-state index in [2.05, 4.69) is 38.1 Å². The lowest BCUT2D eigenvalue weighted by Gasteiger charge is -2.08. The zero-order chi connectivity index (χ0) is 14.5. The molecule has 0 fully saturated rings. The van der Waals surface area contributed by atoms with Gasteiger partial charge in [0, 0.05) is 30.4 Å². The van der Waals surface area contributed by atoms with Gasteiger partial charge in [0.05, 0.1) is 9.40 Å². The van der Waals surface area contributed by atoms with Crippen LogP contribution in [0.5, 0.6) is 0 Å². The molecule has 0 unspecified atom stereocenters. The summed E-state index contributed by atoms with van der Waals surface area (Å²) in [6, 6.07) is 6.18. The monoisotopic (exact) mass is 336 g/mol. The fourth-order valence-corrected chi connectivity index (χ4v) is 1.94. The molecular formula is C13H13BrN4O2. The van der Waals surface area contributed by atoms with Crippen molar-refractivity contribution in [3.05, 3.63) is 45.0 Å². The topological polar surface area (TPSA) is 81.0 Å². The first kappa shape index (κ1) is 14.4. The van der Waals surface area contributed by atoms with Crippen molar-refractivity contribution in [1.82, 2.24) is 9.97 Å². The van der Waals surface area contributed by atoms with E-state index in [4.69, 9.17) is 0 Å². The largest absolute Gasteiger partial charge is 0.369 e. The van der Waals surface area contributed by atoms with Crippen LogP contribution in [0.4, 0.5) is 11.5 Å². The maximum absolute atomic E-state index is 10.6. The van der Waals surface area contributed by atoms with Crippen LogP contribution in [0.25, 0.3) is 11.4 Å². The van der Waals surface area contributed by atoms with Crippen LogP contribution in [0.3, 0.4) is 0 Å². The number of non-ortho nitro benzene ring substituents is 1. The SMILES string of the molecule is CCCNc1nc(-c2ccc([N+](=O)[O-])cc2)ncc1Br. The molecule has 1 aromatic heterocycles. The van der Waals surface area contributed by atoms with Crippen molar-refractivity contribution in [1.29, 1.82) is 0 Å². The van der Waals surface area contributed by atoms with Gasteiger partial charge in [-0.15, -0.1) is 0 Å². The van der Waals surface area contributed by atoms with Crippen molar-refractivity contribution in [3.8, 4) is 11.4 Å². The van der Waals surface area contributed by atoms with Gasteiger partial charge in [-0.3, -0.25) is 10.1 Å². The maximum atomic E-state index is 10.6. The number of hydrogen-bond donors (Lipinski definition) is 1. The molecule has 0 saturated carbocycles. The minimum Gasteiger partial charge on any atom is -0.369 e. The molecule has 1 N–H and O–H groups in total. The zero-order valence-electron chi connectivity index (χ0n) is 10.8. The van der Waals surface area contributed by atoms with Gasteiger partial charge in [0.1, 0.15) is 5.82 Å². The molecule has 1 aromatic carbocycles. The van der Waals surface area contributed by atoms with E-state index in [1.807, 2.05) is 0 Å². The number of nitrogens with one attached hydrogen (secondary N) is 1. The molecule has 7 heteroatoms. The Hall–Kier alpha value is -2.02. The number of anilines is 1. The normalized spacial score (nSPS) is 10.3. The van der Waals surface area contributed by atoms with Crippen molar-refractivity contribution >= 4 is 27.4 Å². The predicted octanol–water partition coefficient (Wildman–Crippen LogP) is 3.64. The second kappa shape index (κ2) is 6.42. The maximum Gasteiger partial charge on any atom is 0.269 e. The minimum atomic E-state index is -0.430. The Balaban J connectivity index is 2.30. The second-order valence-electron chi connectivity index (χ2n) is 4.12.